The average molecular weight is 1070 g/mol. The molecular formula is C63H43N4OPt-3. The first kappa shape index (κ1) is 42.4. The summed E-state index contributed by atoms with van der Waals surface area (Å²) in [6, 6.07) is 80.8. The van der Waals surface area contributed by atoms with Crippen molar-refractivity contribution in [2.45, 2.75) is 19.8 Å². The maximum atomic E-state index is 6.64. The van der Waals surface area contributed by atoms with Gasteiger partial charge < -0.3 is 19.1 Å². The summed E-state index contributed by atoms with van der Waals surface area (Å²) in [6.45, 7) is 6.42. The molecule has 2 aliphatic rings. The van der Waals surface area contributed by atoms with E-state index in [2.05, 4.69) is 235 Å². The molecule has 1 unspecified atom stereocenters. The summed E-state index contributed by atoms with van der Waals surface area (Å²) >= 11 is 0. The number of fused-ring (bicyclic) bond motifs is 7. The third-order valence-corrected chi connectivity index (χ3v) is 13.5. The molecule has 0 saturated carbocycles. The van der Waals surface area contributed by atoms with Gasteiger partial charge in [0, 0.05) is 67.3 Å². The Kier molecular flexibility index (Phi) is 10.6. The van der Waals surface area contributed by atoms with Crippen LogP contribution in [-0.4, -0.2) is 9.55 Å². The van der Waals surface area contributed by atoms with Crippen molar-refractivity contribution in [1.82, 2.24) is 9.55 Å². The molecule has 0 radical (unpaired) electrons. The average Bonchev–Trinajstić information content (AvgIpc) is 4.05. The summed E-state index contributed by atoms with van der Waals surface area (Å²) in [5.74, 6) is 2.14. The largest absolute Gasteiger partial charge is 0.509 e. The molecule has 2 aromatic heterocycles. The van der Waals surface area contributed by atoms with Gasteiger partial charge in [0.15, 0.2) is 0 Å². The molecule has 3 heterocycles. The molecule has 0 bridgehead atoms. The van der Waals surface area contributed by atoms with Crippen molar-refractivity contribution in [2.24, 2.45) is 0 Å². The fourth-order valence-corrected chi connectivity index (χ4v) is 10.6. The van der Waals surface area contributed by atoms with Crippen LogP contribution < -0.4 is 14.5 Å². The number of hydrogen-bond acceptors (Lipinski definition) is 4. The number of ether oxygens (including phenoxy) is 1. The number of para-hydroxylation sites is 3. The molecule has 0 fully saturated rings. The molecule has 0 spiro atoms. The van der Waals surface area contributed by atoms with Crippen LogP contribution in [0.15, 0.2) is 212 Å². The van der Waals surface area contributed by atoms with Crippen molar-refractivity contribution in [2.75, 3.05) is 9.80 Å². The first-order chi connectivity index (χ1) is 33.5. The van der Waals surface area contributed by atoms with E-state index in [1.165, 1.54) is 50.1 Å². The number of aromatic nitrogens is 2. The molecular weight excluding hydrogens is 1020 g/mol. The zero-order valence-corrected chi connectivity index (χ0v) is 40.1. The Bertz CT molecular complexity index is 3750. The molecule has 334 valence electrons. The fraction of sp³-hybridized carbons (Fsp3) is 0.0476. The quantitative estimate of drug-likeness (QED) is 0.142. The Balaban J connectivity index is 0.00000492. The summed E-state index contributed by atoms with van der Waals surface area (Å²) in [5.41, 5.74) is 19.8. The minimum Gasteiger partial charge on any atom is -0.509 e. The molecule has 5 nitrogen and oxygen atoms in total. The van der Waals surface area contributed by atoms with E-state index >= 15 is 0 Å². The molecule has 11 aromatic rings. The molecule has 1 atom stereocenters. The fourth-order valence-electron chi connectivity index (χ4n) is 10.6. The van der Waals surface area contributed by atoms with Gasteiger partial charge in [0.1, 0.15) is 5.82 Å². The van der Waals surface area contributed by atoms with Gasteiger partial charge in [0.25, 0.3) is 0 Å². The predicted molar refractivity (Wildman–Crippen MR) is 277 cm³/mol. The van der Waals surface area contributed by atoms with Crippen LogP contribution in [0, 0.1) is 32.6 Å². The van der Waals surface area contributed by atoms with Gasteiger partial charge in [-0.2, -0.15) is 12.1 Å². The van der Waals surface area contributed by atoms with E-state index in [1.807, 2.05) is 24.4 Å². The van der Waals surface area contributed by atoms with Crippen LogP contribution in [0.4, 0.5) is 22.7 Å². The first-order valence-electron chi connectivity index (χ1n) is 23.1. The van der Waals surface area contributed by atoms with E-state index in [1.54, 1.807) is 0 Å². The molecule has 0 saturated heterocycles. The minimum absolute atomic E-state index is 0. The molecule has 9 aromatic carbocycles. The van der Waals surface area contributed by atoms with Gasteiger partial charge in [-0.25, -0.2) is 4.98 Å². The smallest absolute Gasteiger partial charge is 0.136 e. The van der Waals surface area contributed by atoms with E-state index in [0.717, 1.165) is 61.5 Å². The molecule has 1 aliphatic heterocycles. The standard InChI is InChI=1S/C63H43N4O.Pt/c1-41-33-42(2)35-48(34-41)66-40-65(58-27-10-11-28-59(58)66)47-19-13-20-49(38-47)68-50-29-30-54-53-22-8-9-26-57(53)67(60(54)39-50)61-37-45(31-32-64-61)44-17-12-18-46(36-44)51-24-14-25-56-52-21-6-7-23-55(52)62(63(51)56)43-15-4-3-5-16-43;/h3-37,40,62H,1-2H3;/q-3;. The third-order valence-electron chi connectivity index (χ3n) is 13.5. The summed E-state index contributed by atoms with van der Waals surface area (Å²) in [5, 5.41) is 2.19. The van der Waals surface area contributed by atoms with Crippen molar-refractivity contribution in [3.8, 4) is 50.7 Å². The molecule has 0 amide bonds. The predicted octanol–water partition coefficient (Wildman–Crippen LogP) is 16.1. The van der Waals surface area contributed by atoms with Crippen LogP contribution in [0.25, 0.3) is 61.0 Å². The third kappa shape index (κ3) is 7.33. The normalized spacial score (nSPS) is 13.6. The topological polar surface area (TPSA) is 33.5 Å². The second kappa shape index (κ2) is 17.3. The molecule has 69 heavy (non-hydrogen) atoms. The molecule has 6 heteroatoms. The first-order valence-corrected chi connectivity index (χ1v) is 23.1. The van der Waals surface area contributed by atoms with E-state index in [-0.39, 0.29) is 27.0 Å². The van der Waals surface area contributed by atoms with E-state index < -0.39 is 0 Å². The maximum absolute atomic E-state index is 6.64. The van der Waals surface area contributed by atoms with Gasteiger partial charge in [-0.3, -0.25) is 0 Å². The monoisotopic (exact) mass is 1070 g/mol. The van der Waals surface area contributed by atoms with Gasteiger partial charge in [0.2, 0.25) is 0 Å². The molecule has 1 aliphatic carbocycles. The summed E-state index contributed by atoms with van der Waals surface area (Å²) in [7, 11) is 0. The number of benzene rings is 9. The van der Waals surface area contributed by atoms with Crippen LogP contribution in [0.2, 0.25) is 0 Å². The van der Waals surface area contributed by atoms with Crippen LogP contribution >= 0.6 is 0 Å². The van der Waals surface area contributed by atoms with Crippen LogP contribution in [-0.2, 0) is 21.1 Å². The van der Waals surface area contributed by atoms with Crippen molar-refractivity contribution >= 4 is 44.6 Å². The molecule has 13 rings (SSSR count). The van der Waals surface area contributed by atoms with Crippen molar-refractivity contribution < 1.29 is 25.8 Å². The number of aryl methyl sites for hydroxylation is 2. The zero-order chi connectivity index (χ0) is 45.3. The summed E-state index contributed by atoms with van der Waals surface area (Å²) in [4.78, 5) is 9.42. The van der Waals surface area contributed by atoms with Gasteiger partial charge in [-0.15, -0.1) is 48.1 Å². The van der Waals surface area contributed by atoms with Gasteiger partial charge in [-0.1, -0.05) is 133 Å². The SMILES string of the molecule is Cc1cc(C)cc(N2[CH-]N(c3[c-]c(Oc4[c-]c5c(cc4)c4ccccc4n5-c4cc(-c5cccc(-c6cccc7c6C(c6ccccc6)c6ccccc6-7)c5)ccn4)ccc3)c3ccccc32)c1.[Pt]. The van der Waals surface area contributed by atoms with Crippen molar-refractivity contribution in [3.63, 3.8) is 0 Å². The summed E-state index contributed by atoms with van der Waals surface area (Å²) in [6.07, 6.45) is 1.91. The number of hydrogen-bond donors (Lipinski definition) is 0. The van der Waals surface area contributed by atoms with E-state index in [9.17, 15) is 0 Å². The number of nitrogens with zero attached hydrogens (tertiary/aromatic N) is 4. The van der Waals surface area contributed by atoms with E-state index in [0.29, 0.717) is 11.5 Å². The van der Waals surface area contributed by atoms with Crippen LogP contribution in [0.1, 0.15) is 33.7 Å². The second-order valence-electron chi connectivity index (χ2n) is 17.8. The Hall–Kier alpha value is -7.98. The van der Waals surface area contributed by atoms with E-state index in [4.69, 9.17) is 9.72 Å². The van der Waals surface area contributed by atoms with Gasteiger partial charge in [0.05, 0.1) is 0 Å². The Morgan fingerprint density at radius 1 is 0.522 bits per heavy atom. The van der Waals surface area contributed by atoms with Crippen molar-refractivity contribution in [1.29, 1.82) is 0 Å². The number of rotatable bonds is 8. The molecule has 0 N–H and O–H groups in total. The number of anilines is 4. The van der Waals surface area contributed by atoms with Crippen LogP contribution in [0.5, 0.6) is 11.5 Å². The minimum atomic E-state index is 0. The zero-order valence-electron chi connectivity index (χ0n) is 37.9. The Labute approximate surface area is 416 Å². The second-order valence-corrected chi connectivity index (χ2v) is 17.8. The summed E-state index contributed by atoms with van der Waals surface area (Å²) < 4.78 is 8.84. The Morgan fingerprint density at radius 3 is 2.07 bits per heavy atom. The maximum Gasteiger partial charge on any atom is 0.136 e. The Morgan fingerprint density at radius 2 is 1.20 bits per heavy atom. The van der Waals surface area contributed by atoms with Crippen LogP contribution in [0.3, 0.4) is 0 Å². The number of pyridine rings is 1. The van der Waals surface area contributed by atoms with Gasteiger partial charge in [-0.05, 0) is 129 Å². The van der Waals surface area contributed by atoms with Gasteiger partial charge >= 0.3 is 0 Å². The van der Waals surface area contributed by atoms with Crippen molar-refractivity contribution in [3.05, 3.63) is 259 Å².